The maximum Gasteiger partial charge on any atom is 0.337 e. The molecule has 0 bridgehead atoms. The molecule has 5 heteroatoms. The summed E-state index contributed by atoms with van der Waals surface area (Å²) in [6.07, 6.45) is 0. The average molecular weight is 335 g/mol. The monoisotopic (exact) mass is 334 g/mol. The molecule has 2 aromatic rings. The van der Waals surface area contributed by atoms with E-state index in [-0.39, 0.29) is 5.56 Å². The fourth-order valence-electron chi connectivity index (χ4n) is 2.02. The van der Waals surface area contributed by atoms with Crippen molar-refractivity contribution in [1.29, 1.82) is 0 Å². The molecule has 4 nitrogen and oxygen atoms in total. The van der Waals surface area contributed by atoms with Crippen LogP contribution in [0, 0.1) is 13.8 Å². The number of nitrogens with two attached hydrogens (primary N) is 1. The Morgan fingerprint density at radius 1 is 1.15 bits per heavy atom. The number of nitrogen functional groups attached to an aromatic ring is 1. The first-order valence-electron chi connectivity index (χ1n) is 6.04. The van der Waals surface area contributed by atoms with Crippen LogP contribution in [0.4, 0.5) is 17.1 Å². The summed E-state index contributed by atoms with van der Waals surface area (Å²) in [7, 11) is 0. The number of carboxylic acid groups (broad SMARTS) is 1. The third-order valence-corrected chi connectivity index (χ3v) is 3.41. The van der Waals surface area contributed by atoms with Crippen LogP contribution in [0.3, 0.4) is 0 Å². The smallest absolute Gasteiger partial charge is 0.337 e. The van der Waals surface area contributed by atoms with Crippen molar-refractivity contribution in [2.45, 2.75) is 13.8 Å². The van der Waals surface area contributed by atoms with Gasteiger partial charge in [-0.05, 0) is 55.3 Å². The molecule has 0 aliphatic heterocycles. The predicted molar refractivity (Wildman–Crippen MR) is 84.7 cm³/mol. The van der Waals surface area contributed by atoms with Gasteiger partial charge in [-0.25, -0.2) is 4.79 Å². The minimum atomic E-state index is -1.03. The van der Waals surface area contributed by atoms with Gasteiger partial charge in [0.25, 0.3) is 0 Å². The van der Waals surface area contributed by atoms with E-state index in [9.17, 15) is 4.79 Å². The average Bonchev–Trinajstić information content (AvgIpc) is 2.31. The van der Waals surface area contributed by atoms with Gasteiger partial charge >= 0.3 is 5.97 Å². The Hall–Kier alpha value is -2.01. The Labute approximate surface area is 125 Å². The van der Waals surface area contributed by atoms with E-state index in [1.807, 2.05) is 31.2 Å². The molecule has 0 saturated carbocycles. The Balaban J connectivity index is 2.41. The van der Waals surface area contributed by atoms with Crippen LogP contribution >= 0.6 is 15.9 Å². The van der Waals surface area contributed by atoms with Crippen LogP contribution in [0.2, 0.25) is 0 Å². The predicted octanol–water partition coefficient (Wildman–Crippen LogP) is 4.09. The normalized spacial score (nSPS) is 10.3. The van der Waals surface area contributed by atoms with Gasteiger partial charge in [0.2, 0.25) is 0 Å². The number of carbonyl (C=O) groups is 1. The Bertz CT molecular complexity index is 664. The highest BCUT2D eigenvalue weighted by Gasteiger charge is 2.12. The fourth-order valence-corrected chi connectivity index (χ4v) is 2.63. The number of rotatable bonds is 3. The summed E-state index contributed by atoms with van der Waals surface area (Å²) in [4.78, 5) is 11.2. The van der Waals surface area contributed by atoms with E-state index < -0.39 is 5.97 Å². The third-order valence-electron chi connectivity index (χ3n) is 2.95. The van der Waals surface area contributed by atoms with Gasteiger partial charge < -0.3 is 16.2 Å². The minimum Gasteiger partial charge on any atom is -0.478 e. The van der Waals surface area contributed by atoms with E-state index >= 15 is 0 Å². The van der Waals surface area contributed by atoms with Crippen LogP contribution in [-0.2, 0) is 0 Å². The van der Waals surface area contributed by atoms with Crippen molar-refractivity contribution in [3.8, 4) is 0 Å². The fraction of sp³-hybridized carbons (Fsp3) is 0.133. The third kappa shape index (κ3) is 3.11. The zero-order valence-electron chi connectivity index (χ0n) is 11.2. The Kier molecular flexibility index (Phi) is 3.99. The van der Waals surface area contributed by atoms with Crippen LogP contribution in [0.15, 0.2) is 34.8 Å². The number of nitrogens with one attached hydrogen (secondary N) is 1. The quantitative estimate of drug-likeness (QED) is 0.739. The van der Waals surface area contributed by atoms with Gasteiger partial charge in [0.15, 0.2) is 0 Å². The van der Waals surface area contributed by atoms with Crippen molar-refractivity contribution in [1.82, 2.24) is 0 Å². The van der Waals surface area contributed by atoms with E-state index in [0.29, 0.717) is 11.4 Å². The molecular weight excluding hydrogens is 320 g/mol. The van der Waals surface area contributed by atoms with Crippen LogP contribution in [0.25, 0.3) is 0 Å². The number of aryl methyl sites for hydroxylation is 2. The molecule has 0 radical (unpaired) electrons. The summed E-state index contributed by atoms with van der Waals surface area (Å²) in [5.41, 5.74) is 9.61. The largest absolute Gasteiger partial charge is 0.478 e. The summed E-state index contributed by atoms with van der Waals surface area (Å²) in [5.74, 6) is -1.03. The van der Waals surface area contributed by atoms with Gasteiger partial charge in [0.05, 0.1) is 5.56 Å². The van der Waals surface area contributed by atoms with E-state index in [1.165, 1.54) is 0 Å². The molecule has 0 fully saturated rings. The Morgan fingerprint density at radius 2 is 1.80 bits per heavy atom. The second-order valence-corrected chi connectivity index (χ2v) is 5.62. The number of carboxylic acids is 1. The lowest BCUT2D eigenvalue weighted by Gasteiger charge is -2.12. The maximum absolute atomic E-state index is 11.2. The lowest BCUT2D eigenvalue weighted by molar-refractivity contribution is 0.0698. The van der Waals surface area contributed by atoms with Crippen molar-refractivity contribution in [3.05, 3.63) is 51.5 Å². The number of anilines is 3. The van der Waals surface area contributed by atoms with Gasteiger partial charge in [-0.15, -0.1) is 0 Å². The molecule has 4 N–H and O–H groups in total. The van der Waals surface area contributed by atoms with Gasteiger partial charge in [0, 0.05) is 21.5 Å². The molecule has 0 saturated heterocycles. The molecule has 20 heavy (non-hydrogen) atoms. The second-order valence-electron chi connectivity index (χ2n) is 4.70. The molecule has 2 aromatic carbocycles. The topological polar surface area (TPSA) is 75.3 Å². The maximum atomic E-state index is 11.2. The Morgan fingerprint density at radius 3 is 2.40 bits per heavy atom. The first-order chi connectivity index (χ1) is 9.36. The summed E-state index contributed by atoms with van der Waals surface area (Å²) >= 11 is 3.44. The molecule has 0 heterocycles. The number of hydrogen-bond acceptors (Lipinski definition) is 3. The van der Waals surface area contributed by atoms with E-state index in [1.54, 1.807) is 13.0 Å². The lowest BCUT2D eigenvalue weighted by Crippen LogP contribution is -2.05. The summed E-state index contributed by atoms with van der Waals surface area (Å²) in [6, 6.07) is 9.29. The molecule has 0 aliphatic carbocycles. The number of benzene rings is 2. The zero-order valence-corrected chi connectivity index (χ0v) is 12.8. The van der Waals surface area contributed by atoms with E-state index in [0.717, 1.165) is 21.3 Å². The van der Waals surface area contributed by atoms with Crippen LogP contribution in [-0.4, -0.2) is 11.1 Å². The molecule has 0 atom stereocenters. The van der Waals surface area contributed by atoms with Gasteiger partial charge in [0.1, 0.15) is 0 Å². The van der Waals surface area contributed by atoms with Crippen molar-refractivity contribution in [3.63, 3.8) is 0 Å². The number of aromatic carboxylic acids is 1. The first-order valence-corrected chi connectivity index (χ1v) is 6.84. The van der Waals surface area contributed by atoms with E-state index in [4.69, 9.17) is 10.8 Å². The van der Waals surface area contributed by atoms with Crippen molar-refractivity contribution in [2.24, 2.45) is 0 Å². The molecule has 104 valence electrons. The van der Waals surface area contributed by atoms with Crippen molar-refractivity contribution < 1.29 is 9.90 Å². The van der Waals surface area contributed by atoms with Gasteiger partial charge in [-0.3, -0.25) is 0 Å². The van der Waals surface area contributed by atoms with Gasteiger partial charge in [-0.2, -0.15) is 0 Å². The molecule has 0 unspecified atom stereocenters. The molecule has 0 amide bonds. The lowest BCUT2D eigenvalue weighted by atomic mass is 10.1. The minimum absolute atomic E-state index is 0.110. The first kappa shape index (κ1) is 14.4. The van der Waals surface area contributed by atoms with Crippen LogP contribution in [0.1, 0.15) is 21.5 Å². The second kappa shape index (κ2) is 5.54. The number of halogens is 1. The SMILES string of the molecule is Cc1cc(Br)cc(Nc2cc(C)c(N)c(C(=O)O)c2)c1. The highest BCUT2D eigenvalue weighted by molar-refractivity contribution is 9.10. The summed E-state index contributed by atoms with van der Waals surface area (Å²) in [6.45, 7) is 3.78. The highest BCUT2D eigenvalue weighted by atomic mass is 79.9. The summed E-state index contributed by atoms with van der Waals surface area (Å²) < 4.78 is 0.964. The molecule has 0 aromatic heterocycles. The van der Waals surface area contributed by atoms with Gasteiger partial charge in [-0.1, -0.05) is 15.9 Å². The molecule has 0 aliphatic rings. The van der Waals surface area contributed by atoms with Crippen LogP contribution < -0.4 is 11.1 Å². The van der Waals surface area contributed by atoms with E-state index in [2.05, 4.69) is 21.2 Å². The van der Waals surface area contributed by atoms with Crippen molar-refractivity contribution in [2.75, 3.05) is 11.1 Å². The van der Waals surface area contributed by atoms with Crippen LogP contribution in [0.5, 0.6) is 0 Å². The molecular formula is C15H15BrN2O2. The molecule has 2 rings (SSSR count). The summed E-state index contributed by atoms with van der Waals surface area (Å²) in [5, 5.41) is 12.4. The highest BCUT2D eigenvalue weighted by Crippen LogP contribution is 2.27. The zero-order chi connectivity index (χ0) is 14.9. The van der Waals surface area contributed by atoms with Crippen molar-refractivity contribution >= 4 is 39.0 Å². The number of hydrogen-bond donors (Lipinski definition) is 3. The molecule has 0 spiro atoms. The standard InChI is InChI=1S/C15H15BrN2O2/c1-8-3-10(16)6-11(4-8)18-12-5-9(2)14(17)13(7-12)15(19)20/h3-7,18H,17H2,1-2H3,(H,19,20).